The van der Waals surface area contributed by atoms with Gasteiger partial charge in [-0.1, -0.05) is 57.8 Å². The zero-order valence-electron chi connectivity index (χ0n) is 19.1. The summed E-state index contributed by atoms with van der Waals surface area (Å²) in [6.07, 6.45) is 25.3. The fraction of sp³-hybridized carbons (Fsp3) is 1.00. The van der Waals surface area contributed by atoms with E-state index in [1.165, 1.54) is 96.3 Å². The predicted octanol–water partition coefficient (Wildman–Crippen LogP) is 9.08. The molecule has 0 aliphatic heterocycles. The van der Waals surface area contributed by atoms with Crippen molar-refractivity contribution >= 4 is 0 Å². The topological polar surface area (TPSA) is 0 Å². The van der Waals surface area contributed by atoms with Gasteiger partial charge < -0.3 is 0 Å². The fourth-order valence-electron chi connectivity index (χ4n) is 7.22. The average Bonchev–Trinajstić information content (AvgIpc) is 2.78. The Labute approximate surface area is 180 Å². The summed E-state index contributed by atoms with van der Waals surface area (Å²) in [5, 5.41) is 0. The van der Waals surface area contributed by atoms with E-state index >= 15 is 0 Å². The Hall–Kier alpha value is -0.140. The molecule has 0 radical (unpaired) electrons. The molecule has 0 spiro atoms. The molecule has 0 nitrogen and oxygen atoms in total. The molecule has 0 amide bonds. The standard InChI is InChI=1S/C27H48F2/c28-20-4-1-2-6-22-8-12-24(13-9-22)26-16-18-27(19-17-26)25-14-10-23(11-15-25)7-3-5-21-29/h22-27H,1-21H2. The number of alkyl halides is 2. The minimum absolute atomic E-state index is 0.124. The highest BCUT2D eigenvalue weighted by Gasteiger charge is 2.34. The van der Waals surface area contributed by atoms with Crippen LogP contribution in [0.3, 0.4) is 0 Å². The molecule has 2 heteroatoms. The maximum Gasteiger partial charge on any atom is 0.0894 e. The highest BCUT2D eigenvalue weighted by atomic mass is 19.1. The third kappa shape index (κ3) is 7.80. The van der Waals surface area contributed by atoms with Gasteiger partial charge in [0.1, 0.15) is 0 Å². The maximum absolute atomic E-state index is 12.3. The van der Waals surface area contributed by atoms with E-state index in [2.05, 4.69) is 0 Å². The first-order valence-corrected chi connectivity index (χ1v) is 13.4. The average molecular weight is 411 g/mol. The molecule has 0 heterocycles. The van der Waals surface area contributed by atoms with Crippen LogP contribution in [-0.2, 0) is 0 Å². The van der Waals surface area contributed by atoms with Crippen LogP contribution in [0.15, 0.2) is 0 Å². The van der Waals surface area contributed by atoms with E-state index in [4.69, 9.17) is 0 Å². The summed E-state index contributed by atoms with van der Waals surface area (Å²) >= 11 is 0. The Morgan fingerprint density at radius 3 is 1.07 bits per heavy atom. The Morgan fingerprint density at radius 2 is 0.690 bits per heavy atom. The van der Waals surface area contributed by atoms with E-state index in [-0.39, 0.29) is 13.3 Å². The van der Waals surface area contributed by atoms with Crippen molar-refractivity contribution in [2.24, 2.45) is 35.5 Å². The summed E-state index contributed by atoms with van der Waals surface area (Å²) in [6, 6.07) is 0. The molecule has 0 unspecified atom stereocenters. The summed E-state index contributed by atoms with van der Waals surface area (Å²) in [6.45, 7) is -0.252. The van der Waals surface area contributed by atoms with Crippen molar-refractivity contribution < 1.29 is 8.78 Å². The molecule has 0 atom stereocenters. The second-order valence-corrected chi connectivity index (χ2v) is 11.0. The highest BCUT2D eigenvalue weighted by molar-refractivity contribution is 4.86. The lowest BCUT2D eigenvalue weighted by atomic mass is 9.64. The summed E-state index contributed by atoms with van der Waals surface area (Å²) < 4.78 is 24.5. The zero-order chi connectivity index (χ0) is 20.3. The molecule has 3 aliphatic rings. The first-order valence-electron chi connectivity index (χ1n) is 13.4. The van der Waals surface area contributed by atoms with E-state index in [1.54, 1.807) is 0 Å². The molecule has 0 aromatic carbocycles. The molecule has 170 valence electrons. The van der Waals surface area contributed by atoms with Gasteiger partial charge in [0.2, 0.25) is 0 Å². The molecule has 0 saturated heterocycles. The van der Waals surface area contributed by atoms with Gasteiger partial charge in [0.15, 0.2) is 0 Å². The SMILES string of the molecule is FCCCCCC1CCC(C2CCC(C3CCC(CCCCF)CC3)CC2)CC1. The van der Waals surface area contributed by atoms with Gasteiger partial charge >= 0.3 is 0 Å². The third-order valence-electron chi connectivity index (χ3n) is 9.17. The lowest BCUT2D eigenvalue weighted by Crippen LogP contribution is -2.29. The lowest BCUT2D eigenvalue weighted by Gasteiger charge is -2.41. The molecule has 3 saturated carbocycles. The van der Waals surface area contributed by atoms with Crippen LogP contribution in [0.1, 0.15) is 122 Å². The van der Waals surface area contributed by atoms with Gasteiger partial charge in [0, 0.05) is 0 Å². The summed E-state index contributed by atoms with van der Waals surface area (Å²) in [4.78, 5) is 0. The van der Waals surface area contributed by atoms with Crippen LogP contribution in [0, 0.1) is 35.5 Å². The number of rotatable bonds is 11. The summed E-state index contributed by atoms with van der Waals surface area (Å²) in [7, 11) is 0. The van der Waals surface area contributed by atoms with Crippen LogP contribution in [0.4, 0.5) is 8.78 Å². The minimum Gasteiger partial charge on any atom is -0.251 e. The normalized spacial score (nSPS) is 36.2. The largest absolute Gasteiger partial charge is 0.251 e. The van der Waals surface area contributed by atoms with E-state index < -0.39 is 0 Å². The van der Waals surface area contributed by atoms with Gasteiger partial charge in [-0.25, -0.2) is 0 Å². The van der Waals surface area contributed by atoms with Crippen LogP contribution in [0.2, 0.25) is 0 Å². The van der Waals surface area contributed by atoms with Gasteiger partial charge in [-0.2, -0.15) is 0 Å². The van der Waals surface area contributed by atoms with E-state index in [0.29, 0.717) is 0 Å². The summed E-state index contributed by atoms with van der Waals surface area (Å²) in [5.41, 5.74) is 0. The summed E-state index contributed by atoms with van der Waals surface area (Å²) in [5.74, 6) is 5.92. The Kier molecular flexibility index (Phi) is 10.8. The van der Waals surface area contributed by atoms with Crippen molar-refractivity contribution in [3.05, 3.63) is 0 Å². The molecule has 0 aromatic heterocycles. The molecule has 0 N–H and O–H groups in total. The van der Waals surface area contributed by atoms with Crippen LogP contribution < -0.4 is 0 Å². The number of halogens is 2. The molecule has 0 aromatic rings. The molecule has 3 rings (SSSR count). The molecule has 29 heavy (non-hydrogen) atoms. The van der Waals surface area contributed by atoms with Gasteiger partial charge in [0.05, 0.1) is 13.3 Å². The second kappa shape index (κ2) is 13.3. The van der Waals surface area contributed by atoms with Crippen LogP contribution in [0.5, 0.6) is 0 Å². The fourth-order valence-corrected chi connectivity index (χ4v) is 7.22. The molecular formula is C27H48F2. The van der Waals surface area contributed by atoms with Crippen molar-refractivity contribution in [1.29, 1.82) is 0 Å². The van der Waals surface area contributed by atoms with Crippen LogP contribution in [-0.4, -0.2) is 13.3 Å². The van der Waals surface area contributed by atoms with Gasteiger partial charge in [-0.15, -0.1) is 0 Å². The minimum atomic E-state index is -0.128. The van der Waals surface area contributed by atoms with E-state index in [9.17, 15) is 8.78 Å². The quantitative estimate of drug-likeness (QED) is 0.298. The Morgan fingerprint density at radius 1 is 0.379 bits per heavy atom. The predicted molar refractivity (Wildman–Crippen MR) is 121 cm³/mol. The molecule has 3 fully saturated rings. The monoisotopic (exact) mass is 410 g/mol. The lowest BCUT2D eigenvalue weighted by molar-refractivity contribution is 0.102. The van der Waals surface area contributed by atoms with Gasteiger partial charge in [0.25, 0.3) is 0 Å². The third-order valence-corrected chi connectivity index (χ3v) is 9.17. The second-order valence-electron chi connectivity index (χ2n) is 11.0. The van der Waals surface area contributed by atoms with E-state index in [0.717, 1.165) is 61.2 Å². The molecular weight excluding hydrogens is 362 g/mol. The van der Waals surface area contributed by atoms with Crippen molar-refractivity contribution in [2.75, 3.05) is 13.3 Å². The number of unbranched alkanes of at least 4 members (excludes halogenated alkanes) is 3. The van der Waals surface area contributed by atoms with Crippen LogP contribution >= 0.6 is 0 Å². The van der Waals surface area contributed by atoms with Gasteiger partial charge in [-0.3, -0.25) is 8.78 Å². The van der Waals surface area contributed by atoms with Crippen molar-refractivity contribution in [2.45, 2.75) is 122 Å². The Bertz CT molecular complexity index is 399. The van der Waals surface area contributed by atoms with Crippen molar-refractivity contribution in [1.82, 2.24) is 0 Å². The first kappa shape index (κ1) is 23.5. The number of hydrogen-bond donors (Lipinski definition) is 0. The first-order chi connectivity index (χ1) is 14.3. The van der Waals surface area contributed by atoms with E-state index in [1.807, 2.05) is 0 Å². The maximum atomic E-state index is 12.3. The highest BCUT2D eigenvalue weighted by Crippen LogP contribution is 2.46. The van der Waals surface area contributed by atoms with Crippen LogP contribution in [0.25, 0.3) is 0 Å². The van der Waals surface area contributed by atoms with Crippen molar-refractivity contribution in [3.8, 4) is 0 Å². The molecule has 0 bridgehead atoms. The zero-order valence-corrected chi connectivity index (χ0v) is 19.1. The van der Waals surface area contributed by atoms with Gasteiger partial charge in [-0.05, 0) is 99.7 Å². The Balaban J connectivity index is 1.27. The molecule has 3 aliphatic carbocycles. The number of hydrogen-bond acceptors (Lipinski definition) is 0. The smallest absolute Gasteiger partial charge is 0.0894 e. The van der Waals surface area contributed by atoms with Crippen molar-refractivity contribution in [3.63, 3.8) is 0 Å².